The lowest BCUT2D eigenvalue weighted by atomic mass is 10.2. The third-order valence-electron chi connectivity index (χ3n) is 3.22. The second-order valence-electron chi connectivity index (χ2n) is 4.46. The number of sulfonamides is 1. The maximum Gasteiger partial charge on any atom is 0.244 e. The summed E-state index contributed by atoms with van der Waals surface area (Å²) in [7, 11) is -2.39. The first-order valence-corrected chi connectivity index (χ1v) is 7.91. The van der Waals surface area contributed by atoms with E-state index in [9.17, 15) is 8.42 Å². The maximum atomic E-state index is 12.6. The van der Waals surface area contributed by atoms with Gasteiger partial charge in [0, 0.05) is 12.1 Å². The fraction of sp³-hybridized carbons (Fsp3) is 0.214. The average Bonchev–Trinajstić information content (AvgIpc) is 2.99. The Balaban J connectivity index is 2.45. The predicted molar refractivity (Wildman–Crippen MR) is 78.2 cm³/mol. The number of hydrogen-bond donors (Lipinski definition) is 0. The molecule has 0 saturated carbocycles. The number of halogens is 1. The highest BCUT2D eigenvalue weighted by Gasteiger charge is 2.29. The van der Waals surface area contributed by atoms with Crippen molar-refractivity contribution in [1.29, 1.82) is 5.26 Å². The highest BCUT2D eigenvalue weighted by atomic mass is 35.5. The molecule has 110 valence electrons. The fourth-order valence-electron chi connectivity index (χ4n) is 1.89. The van der Waals surface area contributed by atoms with Gasteiger partial charge in [-0.3, -0.25) is 0 Å². The van der Waals surface area contributed by atoms with Gasteiger partial charge in [-0.25, -0.2) is 8.42 Å². The van der Waals surface area contributed by atoms with Gasteiger partial charge in [0.1, 0.15) is 16.7 Å². The van der Waals surface area contributed by atoms with Crippen molar-refractivity contribution in [1.82, 2.24) is 4.31 Å². The van der Waals surface area contributed by atoms with Crippen LogP contribution in [-0.2, 0) is 10.0 Å². The molecule has 1 aromatic heterocycles. The molecule has 2 aromatic rings. The maximum absolute atomic E-state index is 12.6. The average molecular weight is 325 g/mol. The Morgan fingerprint density at radius 2 is 2.10 bits per heavy atom. The van der Waals surface area contributed by atoms with E-state index in [4.69, 9.17) is 21.3 Å². The molecule has 0 amide bonds. The van der Waals surface area contributed by atoms with Crippen molar-refractivity contribution in [2.24, 2.45) is 0 Å². The summed E-state index contributed by atoms with van der Waals surface area (Å²) in [4.78, 5) is -0.0738. The highest BCUT2D eigenvalue weighted by molar-refractivity contribution is 7.89. The van der Waals surface area contributed by atoms with Gasteiger partial charge in [0.15, 0.2) is 0 Å². The molecule has 2 rings (SSSR count). The molecule has 1 heterocycles. The second-order valence-corrected chi connectivity index (χ2v) is 6.87. The van der Waals surface area contributed by atoms with Crippen molar-refractivity contribution >= 4 is 21.6 Å². The van der Waals surface area contributed by atoms with Crippen LogP contribution in [0.15, 0.2) is 45.9 Å². The minimum Gasteiger partial charge on any atom is -0.468 e. The van der Waals surface area contributed by atoms with Gasteiger partial charge in [-0.1, -0.05) is 11.6 Å². The van der Waals surface area contributed by atoms with E-state index < -0.39 is 16.1 Å². The van der Waals surface area contributed by atoms with Crippen LogP contribution in [0.1, 0.15) is 24.3 Å². The zero-order chi connectivity index (χ0) is 15.6. The largest absolute Gasteiger partial charge is 0.468 e. The molecule has 0 fully saturated rings. The molecule has 0 saturated heterocycles. The first kappa shape index (κ1) is 15.6. The molecule has 1 aromatic carbocycles. The Kier molecular flexibility index (Phi) is 4.37. The Bertz CT molecular complexity index is 779. The van der Waals surface area contributed by atoms with Gasteiger partial charge in [0.05, 0.1) is 17.9 Å². The Hall–Kier alpha value is -1.81. The molecular weight excluding hydrogens is 312 g/mol. The van der Waals surface area contributed by atoms with E-state index in [2.05, 4.69) is 0 Å². The highest BCUT2D eigenvalue weighted by Crippen LogP contribution is 2.28. The molecule has 0 aliphatic rings. The Labute approximate surface area is 128 Å². The van der Waals surface area contributed by atoms with Crippen molar-refractivity contribution in [3.8, 4) is 6.07 Å². The fourth-order valence-corrected chi connectivity index (χ4v) is 3.51. The van der Waals surface area contributed by atoms with Crippen LogP contribution in [0.4, 0.5) is 0 Å². The van der Waals surface area contributed by atoms with Gasteiger partial charge in [0.25, 0.3) is 0 Å². The lowest BCUT2D eigenvalue weighted by Gasteiger charge is -2.23. The molecule has 21 heavy (non-hydrogen) atoms. The molecule has 0 spiro atoms. The van der Waals surface area contributed by atoms with Gasteiger partial charge in [-0.05, 0) is 37.3 Å². The molecule has 0 N–H and O–H groups in total. The molecular formula is C14H13ClN2O3S. The van der Waals surface area contributed by atoms with Crippen LogP contribution in [0.25, 0.3) is 0 Å². The van der Waals surface area contributed by atoms with Crippen molar-refractivity contribution in [2.45, 2.75) is 17.9 Å². The molecule has 7 heteroatoms. The summed E-state index contributed by atoms with van der Waals surface area (Å²) < 4.78 is 31.7. The lowest BCUT2D eigenvalue weighted by molar-refractivity contribution is 0.340. The number of rotatable bonds is 4. The minimum absolute atomic E-state index is 0.0148. The summed E-state index contributed by atoms with van der Waals surface area (Å²) in [6, 6.07) is 8.87. The smallest absolute Gasteiger partial charge is 0.244 e. The van der Waals surface area contributed by atoms with Gasteiger partial charge < -0.3 is 4.42 Å². The van der Waals surface area contributed by atoms with Crippen LogP contribution in [0.3, 0.4) is 0 Å². The van der Waals surface area contributed by atoms with Gasteiger partial charge in [-0.15, -0.1) is 0 Å². The van der Waals surface area contributed by atoms with E-state index in [1.807, 2.05) is 6.07 Å². The summed E-state index contributed by atoms with van der Waals surface area (Å²) in [5, 5.41) is 9.41. The predicted octanol–water partition coefficient (Wildman–Crippen LogP) is 3.19. The summed E-state index contributed by atoms with van der Waals surface area (Å²) in [6.07, 6.45) is 1.48. The van der Waals surface area contributed by atoms with Crippen LogP contribution in [0.5, 0.6) is 0 Å². The van der Waals surface area contributed by atoms with Crippen molar-refractivity contribution in [3.63, 3.8) is 0 Å². The van der Waals surface area contributed by atoms with E-state index in [-0.39, 0.29) is 10.5 Å². The lowest BCUT2D eigenvalue weighted by Crippen LogP contribution is -2.30. The number of furan rings is 1. The number of benzene rings is 1. The second kappa shape index (κ2) is 5.90. The van der Waals surface area contributed by atoms with Gasteiger partial charge in [-0.2, -0.15) is 9.57 Å². The topological polar surface area (TPSA) is 74.3 Å². The zero-order valence-corrected chi connectivity index (χ0v) is 13.0. The zero-order valence-electron chi connectivity index (χ0n) is 11.4. The van der Waals surface area contributed by atoms with Crippen molar-refractivity contribution in [2.75, 3.05) is 7.05 Å². The number of nitrogens with zero attached hydrogens (tertiary/aromatic N) is 2. The number of nitriles is 1. The minimum atomic E-state index is -3.83. The third kappa shape index (κ3) is 2.95. The van der Waals surface area contributed by atoms with E-state index in [0.717, 1.165) is 4.31 Å². The van der Waals surface area contributed by atoms with E-state index in [1.54, 1.807) is 19.1 Å². The molecule has 5 nitrogen and oxygen atoms in total. The summed E-state index contributed by atoms with van der Waals surface area (Å²) in [6.45, 7) is 1.71. The van der Waals surface area contributed by atoms with Crippen LogP contribution in [0.2, 0.25) is 5.02 Å². The quantitative estimate of drug-likeness (QED) is 0.865. The Morgan fingerprint density at radius 1 is 1.38 bits per heavy atom. The summed E-state index contributed by atoms with van der Waals surface area (Å²) in [5.74, 6) is 0.522. The first-order chi connectivity index (χ1) is 9.87. The van der Waals surface area contributed by atoms with Gasteiger partial charge >= 0.3 is 0 Å². The van der Waals surface area contributed by atoms with Crippen LogP contribution in [0, 0.1) is 11.3 Å². The van der Waals surface area contributed by atoms with Crippen LogP contribution < -0.4 is 0 Å². The monoisotopic (exact) mass is 324 g/mol. The first-order valence-electron chi connectivity index (χ1n) is 6.09. The molecule has 0 bridgehead atoms. The normalized spacial score (nSPS) is 13.1. The summed E-state index contributed by atoms with van der Waals surface area (Å²) in [5.41, 5.74) is 0.0148. The standard InChI is InChI=1S/C14H13ClN2O3S/c1-10(13-4-3-7-20-13)17(2)21(18,19)14-6-5-12(15)8-11(14)9-16/h3-8,10H,1-2H3/t10-/m0/s1. The van der Waals surface area contributed by atoms with Crippen molar-refractivity contribution < 1.29 is 12.8 Å². The molecule has 0 aliphatic heterocycles. The van der Waals surface area contributed by atoms with E-state index >= 15 is 0 Å². The van der Waals surface area contributed by atoms with E-state index in [1.165, 1.54) is 31.5 Å². The summed E-state index contributed by atoms with van der Waals surface area (Å²) >= 11 is 5.79. The third-order valence-corrected chi connectivity index (χ3v) is 5.44. The van der Waals surface area contributed by atoms with Crippen LogP contribution >= 0.6 is 11.6 Å². The molecule has 0 radical (unpaired) electrons. The SMILES string of the molecule is C[C@@H](c1ccco1)N(C)S(=O)(=O)c1ccc(Cl)cc1C#N. The number of hydrogen-bond acceptors (Lipinski definition) is 4. The van der Waals surface area contributed by atoms with E-state index in [0.29, 0.717) is 10.8 Å². The Morgan fingerprint density at radius 3 is 2.67 bits per heavy atom. The van der Waals surface area contributed by atoms with Crippen molar-refractivity contribution in [3.05, 3.63) is 52.9 Å². The molecule has 0 aliphatic carbocycles. The molecule has 0 unspecified atom stereocenters. The molecule has 1 atom stereocenters. The van der Waals surface area contributed by atoms with Gasteiger partial charge in [0.2, 0.25) is 10.0 Å². The van der Waals surface area contributed by atoms with Crippen LogP contribution in [-0.4, -0.2) is 19.8 Å².